The van der Waals surface area contributed by atoms with Crippen molar-refractivity contribution in [1.82, 2.24) is 9.80 Å². The van der Waals surface area contributed by atoms with Crippen LogP contribution in [0.15, 0.2) is 16.5 Å². The minimum atomic E-state index is -5.08. The molecule has 0 bridgehead atoms. The molecule has 1 spiro atoms. The van der Waals surface area contributed by atoms with E-state index in [1.807, 2.05) is 17.9 Å². The molecule has 3 heterocycles. The fraction of sp³-hybridized carbons (Fsp3) is 0.700. The first-order valence-corrected chi connectivity index (χ1v) is 9.99. The summed E-state index contributed by atoms with van der Waals surface area (Å²) in [5, 5.41) is 7.12. The number of methoxy groups -OCH3 is 1. The van der Waals surface area contributed by atoms with Gasteiger partial charge < -0.3 is 19.2 Å². The molecule has 0 radical (unpaired) electrons. The maximum atomic E-state index is 12.6. The summed E-state index contributed by atoms with van der Waals surface area (Å²) in [4.78, 5) is 26.1. The largest absolute Gasteiger partial charge is 0.490 e. The Morgan fingerprint density at radius 1 is 1.17 bits per heavy atom. The van der Waals surface area contributed by atoms with E-state index < -0.39 is 12.1 Å². The van der Waals surface area contributed by atoms with E-state index in [9.17, 15) is 18.0 Å². The summed E-state index contributed by atoms with van der Waals surface area (Å²) in [5.74, 6) is -1.45. The number of rotatable bonds is 4. The van der Waals surface area contributed by atoms with Crippen LogP contribution in [0.2, 0.25) is 0 Å². The monoisotopic (exact) mass is 434 g/mol. The fourth-order valence-electron chi connectivity index (χ4n) is 4.20. The molecule has 1 aromatic rings. The lowest BCUT2D eigenvalue weighted by atomic mass is 9.88. The molecular weight excluding hydrogens is 405 g/mol. The van der Waals surface area contributed by atoms with Gasteiger partial charge in [-0.3, -0.25) is 9.69 Å². The van der Waals surface area contributed by atoms with Crippen LogP contribution in [-0.2, 0) is 9.53 Å². The normalized spacial score (nSPS) is 22.5. The van der Waals surface area contributed by atoms with Gasteiger partial charge in [0.15, 0.2) is 5.76 Å². The number of likely N-dealkylation sites (tertiary alicyclic amines) is 2. The number of hydrogen-bond donors (Lipinski definition) is 1. The number of aryl methyl sites for hydroxylation is 1. The molecule has 1 N–H and O–H groups in total. The molecule has 2 aliphatic rings. The number of nitrogens with zero attached hydrogens (tertiary/aromatic N) is 2. The van der Waals surface area contributed by atoms with Crippen LogP contribution in [0.25, 0.3) is 0 Å². The third-order valence-corrected chi connectivity index (χ3v) is 5.70. The van der Waals surface area contributed by atoms with Crippen molar-refractivity contribution in [1.29, 1.82) is 0 Å². The summed E-state index contributed by atoms with van der Waals surface area (Å²) >= 11 is 0. The highest BCUT2D eigenvalue weighted by Gasteiger charge is 2.42. The maximum absolute atomic E-state index is 12.6. The van der Waals surface area contributed by atoms with Gasteiger partial charge in [0.25, 0.3) is 5.91 Å². The van der Waals surface area contributed by atoms with Crippen LogP contribution in [0.4, 0.5) is 13.2 Å². The first-order chi connectivity index (χ1) is 14.1. The lowest BCUT2D eigenvalue weighted by Crippen LogP contribution is -2.46. The van der Waals surface area contributed by atoms with E-state index in [0.717, 1.165) is 51.4 Å². The minimum absolute atomic E-state index is 0.0385. The van der Waals surface area contributed by atoms with Crippen molar-refractivity contribution in [2.24, 2.45) is 0 Å². The molecule has 170 valence electrons. The third-order valence-electron chi connectivity index (χ3n) is 5.70. The Morgan fingerprint density at radius 2 is 1.80 bits per heavy atom. The standard InChI is InChI=1S/C18H28N2O3.C2HF3O2/c1-15-5-6-16(23-15)17(21)19-10-3-7-18(9-12-19)8-4-11-20(18)13-14-22-2;3-2(4,5)1(6)7/h5-6H,3-4,7-14H2,1-2H3;(H,6,7). The van der Waals surface area contributed by atoms with Crippen molar-refractivity contribution in [2.45, 2.75) is 50.7 Å². The maximum Gasteiger partial charge on any atom is 0.490 e. The number of halogens is 3. The molecular formula is C20H29F3N2O5. The first-order valence-electron chi connectivity index (χ1n) is 9.99. The summed E-state index contributed by atoms with van der Waals surface area (Å²) in [6, 6.07) is 3.65. The molecule has 2 fully saturated rings. The highest BCUT2D eigenvalue weighted by atomic mass is 19.4. The van der Waals surface area contributed by atoms with Crippen molar-refractivity contribution in [3.8, 4) is 0 Å². The average Bonchev–Trinajstić information content (AvgIpc) is 3.21. The second-order valence-electron chi connectivity index (χ2n) is 7.67. The summed E-state index contributed by atoms with van der Waals surface area (Å²) in [6.07, 6.45) is 0.725. The Hall–Kier alpha value is -2.07. The second-order valence-corrected chi connectivity index (χ2v) is 7.67. The smallest absolute Gasteiger partial charge is 0.475 e. The molecule has 2 aliphatic heterocycles. The van der Waals surface area contributed by atoms with Crippen molar-refractivity contribution >= 4 is 11.9 Å². The number of aliphatic carboxylic acids is 1. The molecule has 0 aromatic carbocycles. The topological polar surface area (TPSA) is 83.2 Å². The van der Waals surface area contributed by atoms with E-state index >= 15 is 0 Å². The number of carboxylic acids is 1. The van der Waals surface area contributed by atoms with Gasteiger partial charge in [0.2, 0.25) is 0 Å². The molecule has 0 aliphatic carbocycles. The van der Waals surface area contributed by atoms with Crippen LogP contribution in [0.3, 0.4) is 0 Å². The summed E-state index contributed by atoms with van der Waals surface area (Å²) in [5.41, 5.74) is 0.270. The van der Waals surface area contributed by atoms with Gasteiger partial charge in [0, 0.05) is 32.3 Å². The number of amides is 1. The Balaban J connectivity index is 0.000000396. The number of carboxylic acid groups (broad SMARTS) is 1. The Morgan fingerprint density at radius 3 is 2.33 bits per heavy atom. The lowest BCUT2D eigenvalue weighted by Gasteiger charge is -2.38. The third kappa shape index (κ3) is 6.21. The zero-order valence-corrected chi connectivity index (χ0v) is 17.3. The molecule has 10 heteroatoms. The van der Waals surface area contributed by atoms with Crippen LogP contribution in [0.5, 0.6) is 0 Å². The molecule has 7 nitrogen and oxygen atoms in total. The van der Waals surface area contributed by atoms with Gasteiger partial charge in [-0.25, -0.2) is 4.79 Å². The van der Waals surface area contributed by atoms with Crippen LogP contribution in [-0.4, -0.2) is 78.4 Å². The predicted molar refractivity (Wildman–Crippen MR) is 102 cm³/mol. The molecule has 0 saturated carbocycles. The molecule has 1 unspecified atom stereocenters. The summed E-state index contributed by atoms with van der Waals surface area (Å²) in [7, 11) is 1.77. The number of ether oxygens (including phenoxy) is 1. The van der Waals surface area contributed by atoms with Crippen LogP contribution < -0.4 is 0 Å². The van der Waals surface area contributed by atoms with E-state index in [-0.39, 0.29) is 11.4 Å². The second kappa shape index (κ2) is 10.3. The van der Waals surface area contributed by atoms with Gasteiger partial charge >= 0.3 is 12.1 Å². The van der Waals surface area contributed by atoms with Crippen molar-refractivity contribution in [3.63, 3.8) is 0 Å². The van der Waals surface area contributed by atoms with Crippen molar-refractivity contribution < 1.29 is 37.0 Å². The van der Waals surface area contributed by atoms with Crippen molar-refractivity contribution in [2.75, 3.05) is 39.9 Å². The number of hydrogen-bond acceptors (Lipinski definition) is 5. The van der Waals surface area contributed by atoms with Gasteiger partial charge in [-0.1, -0.05) is 0 Å². The Kier molecular flexibility index (Phi) is 8.31. The van der Waals surface area contributed by atoms with E-state index in [1.165, 1.54) is 19.3 Å². The Labute approximate surface area is 173 Å². The average molecular weight is 434 g/mol. The summed E-state index contributed by atoms with van der Waals surface area (Å²) in [6.45, 7) is 6.48. The quantitative estimate of drug-likeness (QED) is 0.783. The SMILES string of the molecule is COCCN1CCCC12CCCN(C(=O)c1ccc(C)o1)CC2.O=C(O)C(F)(F)F. The zero-order chi connectivity index (χ0) is 22.4. The number of carbonyl (C=O) groups is 2. The van der Waals surface area contributed by atoms with E-state index in [0.29, 0.717) is 5.76 Å². The Bertz CT molecular complexity index is 722. The van der Waals surface area contributed by atoms with Crippen LogP contribution in [0, 0.1) is 6.92 Å². The summed E-state index contributed by atoms with van der Waals surface area (Å²) < 4.78 is 42.5. The fourth-order valence-corrected chi connectivity index (χ4v) is 4.20. The molecule has 1 aromatic heterocycles. The molecule has 3 rings (SSSR count). The highest BCUT2D eigenvalue weighted by Crippen LogP contribution is 2.38. The van der Waals surface area contributed by atoms with E-state index in [2.05, 4.69) is 4.90 Å². The van der Waals surface area contributed by atoms with E-state index in [4.69, 9.17) is 19.1 Å². The molecule has 1 amide bonds. The number of furan rings is 1. The van der Waals surface area contributed by atoms with Gasteiger partial charge in [0.05, 0.1) is 6.61 Å². The van der Waals surface area contributed by atoms with Gasteiger partial charge in [-0.05, 0) is 57.7 Å². The zero-order valence-electron chi connectivity index (χ0n) is 17.3. The van der Waals surface area contributed by atoms with Crippen LogP contribution >= 0.6 is 0 Å². The van der Waals surface area contributed by atoms with Gasteiger partial charge in [-0.15, -0.1) is 0 Å². The predicted octanol–water partition coefficient (Wildman–Crippen LogP) is 3.33. The van der Waals surface area contributed by atoms with Gasteiger partial charge in [-0.2, -0.15) is 13.2 Å². The minimum Gasteiger partial charge on any atom is -0.475 e. The molecule has 30 heavy (non-hydrogen) atoms. The van der Waals surface area contributed by atoms with E-state index in [1.54, 1.807) is 13.2 Å². The highest BCUT2D eigenvalue weighted by molar-refractivity contribution is 5.91. The lowest BCUT2D eigenvalue weighted by molar-refractivity contribution is -0.192. The number of alkyl halides is 3. The molecule has 1 atom stereocenters. The molecule has 2 saturated heterocycles. The van der Waals surface area contributed by atoms with Crippen molar-refractivity contribution in [3.05, 3.63) is 23.7 Å². The first kappa shape index (κ1) is 24.2. The number of carbonyl (C=O) groups excluding carboxylic acids is 1. The van der Waals surface area contributed by atoms with Gasteiger partial charge in [0.1, 0.15) is 5.76 Å². The van der Waals surface area contributed by atoms with Crippen LogP contribution in [0.1, 0.15) is 48.4 Å².